The molecule has 0 bridgehead atoms. The van der Waals surface area contributed by atoms with Crippen LogP contribution in [0.25, 0.3) is 0 Å². The van der Waals surface area contributed by atoms with Gasteiger partial charge >= 0.3 is 0 Å². The Labute approximate surface area is 128 Å². The Kier molecular flexibility index (Phi) is 4.43. The quantitative estimate of drug-likeness (QED) is 0.904. The van der Waals surface area contributed by atoms with Crippen LogP contribution in [0.3, 0.4) is 0 Å². The van der Waals surface area contributed by atoms with Gasteiger partial charge in [0.25, 0.3) is 0 Å². The summed E-state index contributed by atoms with van der Waals surface area (Å²) in [6.07, 6.45) is 6.60. The van der Waals surface area contributed by atoms with Gasteiger partial charge in [0.2, 0.25) is 0 Å². The first-order valence-electron chi connectivity index (χ1n) is 8.49. The number of rotatable bonds is 5. The van der Waals surface area contributed by atoms with Gasteiger partial charge in [0.05, 0.1) is 0 Å². The summed E-state index contributed by atoms with van der Waals surface area (Å²) in [6, 6.07) is 3.48. The molecular formula is C17H28N4. The molecule has 0 spiro atoms. The fourth-order valence-corrected chi connectivity index (χ4v) is 3.11. The van der Waals surface area contributed by atoms with E-state index >= 15 is 0 Å². The molecule has 1 aliphatic carbocycles. The minimum absolute atomic E-state index is 0.387. The minimum Gasteiger partial charge on any atom is -0.352 e. The van der Waals surface area contributed by atoms with Crippen LogP contribution < -0.4 is 10.2 Å². The molecule has 1 N–H and O–H groups in total. The first-order chi connectivity index (χ1) is 10.1. The van der Waals surface area contributed by atoms with Crippen LogP contribution in [0.4, 0.5) is 5.82 Å². The van der Waals surface area contributed by atoms with Crippen LogP contribution in [0.2, 0.25) is 0 Å². The fourth-order valence-electron chi connectivity index (χ4n) is 3.11. The molecule has 4 heteroatoms. The van der Waals surface area contributed by atoms with Crippen LogP contribution in [-0.2, 0) is 0 Å². The van der Waals surface area contributed by atoms with Crippen LogP contribution in [0.15, 0.2) is 6.07 Å². The molecule has 1 atom stereocenters. The molecule has 0 aromatic carbocycles. The van der Waals surface area contributed by atoms with Gasteiger partial charge in [-0.15, -0.1) is 0 Å². The van der Waals surface area contributed by atoms with Crippen molar-refractivity contribution in [1.29, 1.82) is 0 Å². The molecular weight excluding hydrogens is 260 g/mol. The molecule has 1 saturated heterocycles. The predicted octanol–water partition coefficient (Wildman–Crippen LogP) is 3.02. The lowest BCUT2D eigenvalue weighted by Crippen LogP contribution is -2.45. The van der Waals surface area contributed by atoms with Crippen molar-refractivity contribution in [3.05, 3.63) is 17.6 Å². The zero-order valence-corrected chi connectivity index (χ0v) is 13.6. The molecule has 2 fully saturated rings. The summed E-state index contributed by atoms with van der Waals surface area (Å²) >= 11 is 0. The number of nitrogens with zero attached hydrogens (tertiary/aromatic N) is 3. The summed E-state index contributed by atoms with van der Waals surface area (Å²) in [7, 11) is 0. The maximum Gasteiger partial charge on any atom is 0.133 e. The molecule has 2 aliphatic rings. The molecule has 4 nitrogen and oxygen atoms in total. The van der Waals surface area contributed by atoms with E-state index in [1.165, 1.54) is 38.6 Å². The van der Waals surface area contributed by atoms with Crippen LogP contribution in [0, 0.1) is 6.92 Å². The van der Waals surface area contributed by atoms with E-state index in [0.29, 0.717) is 18.0 Å². The van der Waals surface area contributed by atoms with Gasteiger partial charge in [0, 0.05) is 36.3 Å². The van der Waals surface area contributed by atoms with Crippen molar-refractivity contribution >= 4 is 5.82 Å². The fraction of sp³-hybridized carbons (Fsp3) is 0.765. The van der Waals surface area contributed by atoms with E-state index in [4.69, 9.17) is 4.98 Å². The van der Waals surface area contributed by atoms with E-state index < -0.39 is 0 Å². The molecule has 1 aromatic rings. The molecule has 1 saturated carbocycles. The SMILES string of the molecule is Cc1cc(N(CC2CCCCN2)C2CC2)nc(C(C)C)n1. The topological polar surface area (TPSA) is 41.0 Å². The molecule has 1 aliphatic heterocycles. The van der Waals surface area contributed by atoms with Crippen molar-refractivity contribution in [3.8, 4) is 0 Å². The third kappa shape index (κ3) is 3.73. The maximum atomic E-state index is 4.85. The van der Waals surface area contributed by atoms with Gasteiger partial charge in [-0.3, -0.25) is 0 Å². The second-order valence-corrected chi connectivity index (χ2v) is 6.91. The highest BCUT2D eigenvalue weighted by molar-refractivity contribution is 5.43. The van der Waals surface area contributed by atoms with Crippen LogP contribution >= 0.6 is 0 Å². The third-order valence-electron chi connectivity index (χ3n) is 4.49. The highest BCUT2D eigenvalue weighted by atomic mass is 15.3. The Morgan fingerprint density at radius 2 is 2.05 bits per heavy atom. The lowest BCUT2D eigenvalue weighted by Gasteiger charge is -2.32. The van der Waals surface area contributed by atoms with Crippen LogP contribution in [0.1, 0.15) is 63.4 Å². The summed E-state index contributed by atoms with van der Waals surface area (Å²) < 4.78 is 0. The normalized spacial score (nSPS) is 22.6. The van der Waals surface area contributed by atoms with Gasteiger partial charge in [-0.1, -0.05) is 20.3 Å². The average molecular weight is 288 g/mol. The Bertz CT molecular complexity index is 476. The van der Waals surface area contributed by atoms with Gasteiger partial charge < -0.3 is 10.2 Å². The molecule has 3 rings (SSSR count). The highest BCUT2D eigenvalue weighted by Crippen LogP contribution is 2.32. The van der Waals surface area contributed by atoms with E-state index in [9.17, 15) is 0 Å². The van der Waals surface area contributed by atoms with Crippen LogP contribution in [-0.4, -0.2) is 35.1 Å². The van der Waals surface area contributed by atoms with E-state index in [0.717, 1.165) is 23.9 Å². The van der Waals surface area contributed by atoms with Gasteiger partial charge in [0.15, 0.2) is 0 Å². The molecule has 2 heterocycles. The standard InChI is InChI=1S/C17H28N4/c1-12(2)17-19-13(3)10-16(20-17)21(15-7-8-15)11-14-6-4-5-9-18-14/h10,12,14-15,18H,4-9,11H2,1-3H3. The number of hydrogen-bond acceptors (Lipinski definition) is 4. The Morgan fingerprint density at radius 3 is 2.67 bits per heavy atom. The number of nitrogens with one attached hydrogen (secondary N) is 1. The largest absolute Gasteiger partial charge is 0.352 e. The summed E-state index contributed by atoms with van der Waals surface area (Å²) in [4.78, 5) is 12.0. The molecule has 1 aromatic heterocycles. The molecule has 0 amide bonds. The summed E-state index contributed by atoms with van der Waals surface area (Å²) in [5.74, 6) is 2.51. The first-order valence-corrected chi connectivity index (χ1v) is 8.49. The second-order valence-electron chi connectivity index (χ2n) is 6.91. The molecule has 0 radical (unpaired) electrons. The van der Waals surface area contributed by atoms with E-state index in [-0.39, 0.29) is 0 Å². The lowest BCUT2D eigenvalue weighted by molar-refractivity contribution is 0.397. The molecule has 116 valence electrons. The Balaban J connectivity index is 1.79. The zero-order valence-electron chi connectivity index (χ0n) is 13.6. The van der Waals surface area contributed by atoms with Crippen molar-refractivity contribution in [2.45, 2.75) is 70.9 Å². The van der Waals surface area contributed by atoms with Crippen molar-refractivity contribution < 1.29 is 0 Å². The highest BCUT2D eigenvalue weighted by Gasteiger charge is 2.32. The van der Waals surface area contributed by atoms with Gasteiger partial charge in [-0.2, -0.15) is 0 Å². The average Bonchev–Trinajstić information content (AvgIpc) is 3.29. The second kappa shape index (κ2) is 6.30. The number of aryl methyl sites for hydroxylation is 1. The van der Waals surface area contributed by atoms with E-state index in [2.05, 4.69) is 42.0 Å². The number of piperidine rings is 1. The lowest BCUT2D eigenvalue weighted by atomic mass is 10.0. The predicted molar refractivity (Wildman–Crippen MR) is 86.9 cm³/mol. The van der Waals surface area contributed by atoms with Crippen molar-refractivity contribution in [2.75, 3.05) is 18.0 Å². The van der Waals surface area contributed by atoms with Crippen molar-refractivity contribution in [3.63, 3.8) is 0 Å². The smallest absolute Gasteiger partial charge is 0.133 e. The van der Waals surface area contributed by atoms with Gasteiger partial charge in [-0.05, 0) is 39.2 Å². The van der Waals surface area contributed by atoms with Crippen molar-refractivity contribution in [1.82, 2.24) is 15.3 Å². The zero-order chi connectivity index (χ0) is 14.8. The number of hydrogen-bond donors (Lipinski definition) is 1. The summed E-state index contributed by atoms with van der Waals surface area (Å²) in [5.41, 5.74) is 1.09. The number of anilines is 1. The van der Waals surface area contributed by atoms with E-state index in [1.54, 1.807) is 0 Å². The van der Waals surface area contributed by atoms with Gasteiger partial charge in [-0.25, -0.2) is 9.97 Å². The maximum absolute atomic E-state index is 4.85. The summed E-state index contributed by atoms with van der Waals surface area (Å²) in [5, 5.41) is 3.67. The van der Waals surface area contributed by atoms with Crippen LogP contribution in [0.5, 0.6) is 0 Å². The first kappa shape index (κ1) is 14.8. The third-order valence-corrected chi connectivity index (χ3v) is 4.49. The minimum atomic E-state index is 0.387. The Morgan fingerprint density at radius 1 is 1.24 bits per heavy atom. The molecule has 21 heavy (non-hydrogen) atoms. The van der Waals surface area contributed by atoms with E-state index in [1.807, 2.05) is 0 Å². The van der Waals surface area contributed by atoms with Crippen molar-refractivity contribution in [2.24, 2.45) is 0 Å². The number of aromatic nitrogens is 2. The van der Waals surface area contributed by atoms with Gasteiger partial charge in [0.1, 0.15) is 11.6 Å². The summed E-state index contributed by atoms with van der Waals surface area (Å²) in [6.45, 7) is 8.69. The monoisotopic (exact) mass is 288 g/mol. The Hall–Kier alpha value is -1.16. The molecule has 1 unspecified atom stereocenters.